The average molecular weight is 593 g/mol. The number of carbonyl (C=O) groups excluding carboxylic acids is 2. The van der Waals surface area contributed by atoms with Gasteiger partial charge in [-0.15, -0.1) is 0 Å². The van der Waals surface area contributed by atoms with Crippen molar-refractivity contribution in [2.75, 3.05) is 26.4 Å². The van der Waals surface area contributed by atoms with Gasteiger partial charge in [0, 0.05) is 27.7 Å². The summed E-state index contributed by atoms with van der Waals surface area (Å²) in [5, 5.41) is 20.4. The summed E-state index contributed by atoms with van der Waals surface area (Å²) >= 11 is 0. The molecule has 0 heterocycles. The molecule has 8 heteroatoms. The highest BCUT2D eigenvalue weighted by atomic mass is 16.6. The molecule has 2 aromatic carbocycles. The minimum Gasteiger partial charge on any atom is -0.490 e. The molecule has 43 heavy (non-hydrogen) atoms. The number of allylic oxidation sites excluding steroid dienone is 2. The fourth-order valence-corrected chi connectivity index (χ4v) is 3.98. The van der Waals surface area contributed by atoms with Gasteiger partial charge in [-0.3, -0.25) is 0 Å². The predicted molar refractivity (Wildman–Crippen MR) is 169 cm³/mol. The van der Waals surface area contributed by atoms with Crippen molar-refractivity contribution in [3.63, 3.8) is 0 Å². The molecule has 0 spiro atoms. The van der Waals surface area contributed by atoms with Crippen molar-refractivity contribution in [2.24, 2.45) is 0 Å². The fourth-order valence-electron chi connectivity index (χ4n) is 3.98. The number of ether oxygens (including phenoxy) is 4. The number of aliphatic hydroxyl groups is 2. The van der Waals surface area contributed by atoms with Gasteiger partial charge in [0.2, 0.25) is 0 Å². The lowest BCUT2D eigenvalue weighted by atomic mass is 9.77. The maximum Gasteiger partial charge on any atom is 0.333 e. The van der Waals surface area contributed by atoms with E-state index in [1.54, 1.807) is 13.8 Å². The van der Waals surface area contributed by atoms with E-state index in [1.807, 2.05) is 74.5 Å². The first kappa shape index (κ1) is 35.1. The Bertz CT molecular complexity index is 1250. The molecule has 0 aliphatic carbocycles. The maximum absolute atomic E-state index is 11.6. The summed E-state index contributed by atoms with van der Waals surface area (Å²) in [6.07, 6.45) is 5.71. The zero-order chi connectivity index (χ0) is 32.2. The first-order chi connectivity index (χ1) is 20.3. The molecule has 0 aliphatic heterocycles. The zero-order valence-electron chi connectivity index (χ0n) is 26.0. The van der Waals surface area contributed by atoms with Gasteiger partial charge in [0.25, 0.3) is 0 Å². The lowest BCUT2D eigenvalue weighted by Gasteiger charge is -2.28. The molecule has 0 saturated carbocycles. The third kappa shape index (κ3) is 10.6. The van der Waals surface area contributed by atoms with Crippen molar-refractivity contribution >= 4 is 24.1 Å². The first-order valence-corrected chi connectivity index (χ1v) is 14.1. The van der Waals surface area contributed by atoms with Gasteiger partial charge >= 0.3 is 11.9 Å². The second-order valence-corrected chi connectivity index (χ2v) is 10.8. The smallest absolute Gasteiger partial charge is 0.333 e. The van der Waals surface area contributed by atoms with E-state index in [9.17, 15) is 19.8 Å². The molecule has 0 amide bonds. The maximum atomic E-state index is 11.6. The fraction of sp³-hybridized carbons (Fsp3) is 0.371. The quantitative estimate of drug-likeness (QED) is 0.186. The van der Waals surface area contributed by atoms with E-state index < -0.39 is 29.6 Å². The van der Waals surface area contributed by atoms with Crippen LogP contribution in [0.25, 0.3) is 12.2 Å². The normalized spacial score (nSPS) is 13.0. The molecule has 0 aliphatic rings. The standard InChI is InChI=1S/C35H44O8/c1-9-11-25-17-27(13-15-31(25)40-19-29(36)21-42-33(38)23(3)4)35(7,8)28-14-16-32(26(18-28)12-10-2)41-20-30(37)22-43-34(39)24(5)6/h9-18,29-30,36-37H,3,5,19-22H2,1-2,4,6-8H3/b11-9-,12-10-. The van der Waals surface area contributed by atoms with Crippen LogP contribution in [0.5, 0.6) is 11.5 Å². The van der Waals surface area contributed by atoms with Crippen LogP contribution in [0.15, 0.2) is 72.9 Å². The van der Waals surface area contributed by atoms with Crippen LogP contribution in [0.2, 0.25) is 0 Å². The van der Waals surface area contributed by atoms with Crippen molar-refractivity contribution in [2.45, 2.75) is 59.2 Å². The van der Waals surface area contributed by atoms with E-state index in [0.717, 1.165) is 22.3 Å². The van der Waals surface area contributed by atoms with Crippen molar-refractivity contribution in [3.05, 3.63) is 95.1 Å². The lowest BCUT2D eigenvalue weighted by Crippen LogP contribution is -2.26. The molecular formula is C35H44O8. The Hall–Kier alpha value is -4.14. The summed E-state index contributed by atoms with van der Waals surface area (Å²) in [5.74, 6) is 0.0655. The molecule has 2 rings (SSSR count). The Morgan fingerprint density at radius 1 is 0.744 bits per heavy atom. The Labute approximate surface area is 254 Å². The predicted octanol–water partition coefficient (Wildman–Crippen LogP) is 5.80. The van der Waals surface area contributed by atoms with Crippen molar-refractivity contribution < 1.29 is 38.7 Å². The van der Waals surface area contributed by atoms with Gasteiger partial charge in [-0.2, -0.15) is 0 Å². The number of aliphatic hydroxyl groups excluding tert-OH is 2. The summed E-state index contributed by atoms with van der Waals surface area (Å²) in [5.41, 5.74) is 3.88. The number of benzene rings is 2. The van der Waals surface area contributed by atoms with E-state index in [0.29, 0.717) is 11.5 Å². The van der Waals surface area contributed by atoms with Crippen LogP contribution < -0.4 is 9.47 Å². The van der Waals surface area contributed by atoms with Crippen LogP contribution in [-0.4, -0.2) is 60.8 Å². The number of rotatable bonds is 16. The molecule has 8 nitrogen and oxygen atoms in total. The van der Waals surface area contributed by atoms with Gasteiger partial charge in [-0.05, 0) is 63.1 Å². The number of hydrogen-bond donors (Lipinski definition) is 2. The van der Waals surface area contributed by atoms with Crippen LogP contribution >= 0.6 is 0 Å². The lowest BCUT2D eigenvalue weighted by molar-refractivity contribution is -0.143. The Balaban J connectivity index is 2.21. The molecule has 0 bridgehead atoms. The van der Waals surface area contributed by atoms with Crippen LogP contribution in [0, 0.1) is 0 Å². The number of carbonyl (C=O) groups is 2. The highest BCUT2D eigenvalue weighted by molar-refractivity contribution is 5.87. The summed E-state index contributed by atoms with van der Waals surface area (Å²) in [4.78, 5) is 23.2. The Kier molecular flexibility index (Phi) is 13.4. The third-order valence-corrected chi connectivity index (χ3v) is 6.53. The zero-order valence-corrected chi connectivity index (χ0v) is 26.0. The second kappa shape index (κ2) is 16.5. The van der Waals surface area contributed by atoms with Crippen LogP contribution in [0.3, 0.4) is 0 Å². The van der Waals surface area contributed by atoms with E-state index in [-0.39, 0.29) is 37.6 Å². The minimum atomic E-state index is -0.990. The van der Waals surface area contributed by atoms with Crippen molar-refractivity contribution in [1.29, 1.82) is 0 Å². The molecule has 2 N–H and O–H groups in total. The largest absolute Gasteiger partial charge is 0.490 e. The molecular weight excluding hydrogens is 548 g/mol. The number of esters is 2. The molecule has 2 unspecified atom stereocenters. The SMILES string of the molecule is C=C(C)C(=O)OCC(O)COc1ccc(C(C)(C)c2ccc(OCC(O)COC(=O)C(=C)C)c(/C=C\C)c2)cc1/C=C\C. The summed E-state index contributed by atoms with van der Waals surface area (Å²) in [7, 11) is 0. The third-order valence-electron chi connectivity index (χ3n) is 6.53. The molecule has 0 saturated heterocycles. The summed E-state index contributed by atoms with van der Waals surface area (Å²) < 4.78 is 21.8. The highest BCUT2D eigenvalue weighted by Gasteiger charge is 2.25. The van der Waals surface area contributed by atoms with Crippen LogP contribution in [0.1, 0.15) is 63.8 Å². The first-order valence-electron chi connectivity index (χ1n) is 14.1. The van der Waals surface area contributed by atoms with Gasteiger partial charge in [-0.25, -0.2) is 9.59 Å². The van der Waals surface area contributed by atoms with Gasteiger partial charge < -0.3 is 29.2 Å². The average Bonchev–Trinajstić information content (AvgIpc) is 2.97. The summed E-state index contributed by atoms with van der Waals surface area (Å²) in [6, 6.07) is 11.8. The topological polar surface area (TPSA) is 112 Å². The van der Waals surface area contributed by atoms with E-state index in [4.69, 9.17) is 18.9 Å². The van der Waals surface area contributed by atoms with E-state index in [2.05, 4.69) is 27.0 Å². The Morgan fingerprint density at radius 2 is 1.12 bits per heavy atom. The van der Waals surface area contributed by atoms with Gasteiger partial charge in [0.15, 0.2) is 0 Å². The van der Waals surface area contributed by atoms with Gasteiger partial charge in [0.1, 0.15) is 50.1 Å². The highest BCUT2D eigenvalue weighted by Crippen LogP contribution is 2.37. The molecule has 2 aromatic rings. The van der Waals surface area contributed by atoms with Crippen LogP contribution in [-0.2, 0) is 24.5 Å². The molecule has 2 atom stereocenters. The van der Waals surface area contributed by atoms with Gasteiger partial charge in [-0.1, -0.05) is 63.4 Å². The van der Waals surface area contributed by atoms with Crippen molar-refractivity contribution in [1.82, 2.24) is 0 Å². The van der Waals surface area contributed by atoms with Crippen LogP contribution in [0.4, 0.5) is 0 Å². The summed E-state index contributed by atoms with van der Waals surface area (Å²) in [6.45, 7) is 17.7. The molecule has 0 radical (unpaired) electrons. The van der Waals surface area contributed by atoms with E-state index in [1.165, 1.54) is 0 Å². The second-order valence-electron chi connectivity index (χ2n) is 10.8. The Morgan fingerprint density at radius 3 is 1.44 bits per heavy atom. The van der Waals surface area contributed by atoms with E-state index >= 15 is 0 Å². The minimum absolute atomic E-state index is 0.0457. The molecule has 0 aromatic heterocycles. The monoisotopic (exact) mass is 592 g/mol. The molecule has 0 fully saturated rings. The van der Waals surface area contributed by atoms with Crippen molar-refractivity contribution in [3.8, 4) is 11.5 Å². The van der Waals surface area contributed by atoms with Gasteiger partial charge in [0.05, 0.1) is 0 Å². The number of hydrogen-bond acceptors (Lipinski definition) is 8. The molecule has 232 valence electrons.